The highest BCUT2D eigenvalue weighted by molar-refractivity contribution is 6.34. The molecule has 0 spiro atoms. The van der Waals surface area contributed by atoms with Crippen LogP contribution in [0.4, 0.5) is 0 Å². The van der Waals surface area contributed by atoms with Crippen LogP contribution >= 0.6 is 11.6 Å². The maximum absolute atomic E-state index is 12.7. The summed E-state index contributed by atoms with van der Waals surface area (Å²) in [5, 5.41) is 0.541. The van der Waals surface area contributed by atoms with Crippen LogP contribution in [-0.2, 0) is 0 Å². The van der Waals surface area contributed by atoms with E-state index < -0.39 is 0 Å². The molecular formula is C17H17ClO. The molecule has 0 N–H and O–H groups in total. The molecule has 2 aromatic carbocycles. The van der Waals surface area contributed by atoms with E-state index in [1.165, 1.54) is 0 Å². The van der Waals surface area contributed by atoms with Crippen molar-refractivity contribution in [3.05, 3.63) is 70.2 Å². The van der Waals surface area contributed by atoms with E-state index in [-0.39, 0.29) is 11.7 Å². The number of ketones is 1. The second-order valence-electron chi connectivity index (χ2n) is 4.67. The van der Waals surface area contributed by atoms with Crippen LogP contribution in [0.1, 0.15) is 40.7 Å². The number of Topliss-reactive ketones (excluding diaryl/α,β-unsaturated/α-hetero) is 1. The minimum absolute atomic E-state index is 0.108. The number of carbonyl (C=O) groups is 1. The quantitative estimate of drug-likeness (QED) is 0.714. The molecule has 1 atom stereocenters. The van der Waals surface area contributed by atoms with Gasteiger partial charge in [0.2, 0.25) is 0 Å². The summed E-state index contributed by atoms with van der Waals surface area (Å²) in [6.07, 6.45) is 0.771. The van der Waals surface area contributed by atoms with Crippen molar-refractivity contribution >= 4 is 17.4 Å². The molecule has 2 aromatic rings. The normalized spacial score (nSPS) is 12.2. The predicted octanol–water partition coefficient (Wildman–Crippen LogP) is 5.02. The van der Waals surface area contributed by atoms with Gasteiger partial charge in [0.15, 0.2) is 5.78 Å². The highest BCUT2D eigenvalue weighted by atomic mass is 35.5. The molecule has 0 heterocycles. The van der Waals surface area contributed by atoms with Gasteiger partial charge in [-0.25, -0.2) is 0 Å². The largest absolute Gasteiger partial charge is 0.293 e. The van der Waals surface area contributed by atoms with Crippen molar-refractivity contribution in [2.75, 3.05) is 0 Å². The van der Waals surface area contributed by atoms with Crippen LogP contribution in [-0.4, -0.2) is 5.78 Å². The Morgan fingerprint density at radius 2 is 1.79 bits per heavy atom. The molecule has 0 saturated heterocycles. The van der Waals surface area contributed by atoms with Crippen LogP contribution in [0.25, 0.3) is 0 Å². The summed E-state index contributed by atoms with van der Waals surface area (Å²) in [5.74, 6) is -0.0170. The Hall–Kier alpha value is -1.60. The zero-order valence-corrected chi connectivity index (χ0v) is 11.9. The van der Waals surface area contributed by atoms with Crippen molar-refractivity contribution in [1.82, 2.24) is 0 Å². The SMILES string of the molecule is CCC(C(=O)c1c(C)cccc1Cl)c1ccccc1. The van der Waals surface area contributed by atoms with Crippen LogP contribution in [0.2, 0.25) is 5.02 Å². The summed E-state index contributed by atoms with van der Waals surface area (Å²) in [5.41, 5.74) is 2.64. The number of halogens is 1. The average molecular weight is 273 g/mol. The number of benzene rings is 2. The number of aryl methyl sites for hydroxylation is 1. The standard InChI is InChI=1S/C17H17ClO/c1-3-14(13-9-5-4-6-10-13)17(19)16-12(2)8-7-11-15(16)18/h4-11,14H,3H2,1-2H3. The van der Waals surface area contributed by atoms with Crippen molar-refractivity contribution in [2.24, 2.45) is 0 Å². The van der Waals surface area contributed by atoms with Gasteiger partial charge in [-0.3, -0.25) is 4.79 Å². The molecule has 0 fully saturated rings. The van der Waals surface area contributed by atoms with Gasteiger partial charge in [0.05, 0.1) is 5.02 Å². The van der Waals surface area contributed by atoms with Crippen molar-refractivity contribution in [3.8, 4) is 0 Å². The lowest BCUT2D eigenvalue weighted by Gasteiger charge is -2.16. The summed E-state index contributed by atoms with van der Waals surface area (Å²) < 4.78 is 0. The van der Waals surface area contributed by atoms with Crippen LogP contribution in [0.15, 0.2) is 48.5 Å². The first-order chi connectivity index (χ1) is 9.15. The van der Waals surface area contributed by atoms with E-state index in [4.69, 9.17) is 11.6 Å². The Bertz CT molecular complexity index is 555. The van der Waals surface area contributed by atoms with Crippen molar-refractivity contribution in [3.63, 3.8) is 0 Å². The molecule has 19 heavy (non-hydrogen) atoms. The maximum atomic E-state index is 12.7. The topological polar surface area (TPSA) is 17.1 Å². The molecule has 0 amide bonds. The van der Waals surface area contributed by atoms with Crippen molar-refractivity contribution in [2.45, 2.75) is 26.2 Å². The first-order valence-corrected chi connectivity index (χ1v) is 6.87. The van der Waals surface area contributed by atoms with Gasteiger partial charge in [-0.05, 0) is 30.5 Å². The highest BCUT2D eigenvalue weighted by Crippen LogP contribution is 2.29. The Morgan fingerprint density at radius 1 is 1.11 bits per heavy atom. The average Bonchev–Trinajstić information content (AvgIpc) is 2.40. The molecule has 0 aromatic heterocycles. The summed E-state index contributed by atoms with van der Waals surface area (Å²) in [4.78, 5) is 12.7. The molecule has 2 heteroatoms. The lowest BCUT2D eigenvalue weighted by Crippen LogP contribution is -2.14. The van der Waals surface area contributed by atoms with Crippen LogP contribution in [0.3, 0.4) is 0 Å². The minimum atomic E-state index is -0.125. The first kappa shape index (κ1) is 13.8. The smallest absolute Gasteiger partial charge is 0.172 e. The van der Waals surface area contributed by atoms with Gasteiger partial charge in [-0.1, -0.05) is 61.0 Å². The van der Waals surface area contributed by atoms with Crippen molar-refractivity contribution < 1.29 is 4.79 Å². The van der Waals surface area contributed by atoms with Gasteiger partial charge in [-0.2, -0.15) is 0 Å². The van der Waals surface area contributed by atoms with Gasteiger partial charge in [0, 0.05) is 11.5 Å². The van der Waals surface area contributed by atoms with Crippen molar-refractivity contribution in [1.29, 1.82) is 0 Å². The Balaban J connectivity index is 2.42. The molecule has 0 aliphatic heterocycles. The zero-order valence-electron chi connectivity index (χ0n) is 11.2. The van der Waals surface area contributed by atoms with Crippen LogP contribution in [0, 0.1) is 6.92 Å². The lowest BCUT2D eigenvalue weighted by atomic mass is 9.87. The number of rotatable bonds is 4. The van der Waals surface area contributed by atoms with Gasteiger partial charge >= 0.3 is 0 Å². The zero-order chi connectivity index (χ0) is 13.8. The van der Waals surface area contributed by atoms with E-state index in [2.05, 4.69) is 0 Å². The van der Waals surface area contributed by atoms with E-state index in [9.17, 15) is 4.79 Å². The van der Waals surface area contributed by atoms with E-state index in [0.29, 0.717) is 10.6 Å². The molecule has 0 saturated carbocycles. The van der Waals surface area contributed by atoms with Gasteiger partial charge < -0.3 is 0 Å². The number of carbonyl (C=O) groups excluding carboxylic acids is 1. The van der Waals surface area contributed by atoms with E-state index >= 15 is 0 Å². The molecule has 1 nitrogen and oxygen atoms in total. The third-order valence-corrected chi connectivity index (χ3v) is 3.71. The molecule has 2 rings (SSSR count). The Morgan fingerprint density at radius 3 is 2.37 bits per heavy atom. The summed E-state index contributed by atoms with van der Waals surface area (Å²) in [6.45, 7) is 3.96. The molecular weight excluding hydrogens is 256 g/mol. The highest BCUT2D eigenvalue weighted by Gasteiger charge is 2.23. The lowest BCUT2D eigenvalue weighted by molar-refractivity contribution is 0.0957. The van der Waals surface area contributed by atoms with Gasteiger partial charge in [0.25, 0.3) is 0 Å². The third kappa shape index (κ3) is 2.87. The maximum Gasteiger partial charge on any atom is 0.172 e. The summed E-state index contributed by atoms with van der Waals surface area (Å²) in [6, 6.07) is 15.5. The number of hydrogen-bond acceptors (Lipinski definition) is 1. The fourth-order valence-electron chi connectivity index (χ4n) is 2.38. The second-order valence-corrected chi connectivity index (χ2v) is 5.07. The second kappa shape index (κ2) is 6.03. The Labute approximate surface area is 119 Å². The molecule has 1 unspecified atom stereocenters. The number of hydrogen-bond donors (Lipinski definition) is 0. The van der Waals surface area contributed by atoms with Crippen LogP contribution in [0.5, 0.6) is 0 Å². The summed E-state index contributed by atoms with van der Waals surface area (Å²) in [7, 11) is 0. The predicted molar refractivity (Wildman–Crippen MR) is 80.0 cm³/mol. The fraction of sp³-hybridized carbons (Fsp3) is 0.235. The third-order valence-electron chi connectivity index (χ3n) is 3.40. The molecule has 0 bridgehead atoms. The minimum Gasteiger partial charge on any atom is -0.293 e. The Kier molecular flexibility index (Phi) is 4.39. The monoisotopic (exact) mass is 272 g/mol. The molecule has 98 valence electrons. The van der Waals surface area contributed by atoms with Gasteiger partial charge in [-0.15, -0.1) is 0 Å². The van der Waals surface area contributed by atoms with E-state index in [1.54, 1.807) is 6.07 Å². The molecule has 0 radical (unpaired) electrons. The first-order valence-electron chi connectivity index (χ1n) is 6.49. The molecule has 0 aliphatic carbocycles. The van der Waals surface area contributed by atoms with E-state index in [1.807, 2.05) is 56.3 Å². The van der Waals surface area contributed by atoms with Gasteiger partial charge in [0.1, 0.15) is 0 Å². The van der Waals surface area contributed by atoms with Crippen LogP contribution < -0.4 is 0 Å². The molecule has 0 aliphatic rings. The summed E-state index contributed by atoms with van der Waals surface area (Å²) >= 11 is 6.19. The van der Waals surface area contributed by atoms with E-state index in [0.717, 1.165) is 17.5 Å². The fourth-order valence-corrected chi connectivity index (χ4v) is 2.69.